The quantitative estimate of drug-likeness (QED) is 0.519. The van der Waals surface area contributed by atoms with Gasteiger partial charge in [0.05, 0.1) is 13.2 Å². The zero-order valence-electron chi connectivity index (χ0n) is 21.6. The summed E-state index contributed by atoms with van der Waals surface area (Å²) in [5, 5.41) is 3.42. The fourth-order valence-corrected chi connectivity index (χ4v) is 7.08. The van der Waals surface area contributed by atoms with Crippen molar-refractivity contribution in [3.8, 4) is 0 Å². The second-order valence-electron chi connectivity index (χ2n) is 11.3. The lowest BCUT2D eigenvalue weighted by atomic mass is 9.53. The number of rotatable bonds is 10. The molecule has 194 valence electrons. The summed E-state index contributed by atoms with van der Waals surface area (Å²) in [6, 6.07) is 13.6. The summed E-state index contributed by atoms with van der Waals surface area (Å²) in [7, 11) is 1.62. The molecule has 2 aromatic rings. The Balaban J connectivity index is 1.29. The van der Waals surface area contributed by atoms with Gasteiger partial charge >= 0.3 is 6.03 Å². The zero-order chi connectivity index (χ0) is 25.1. The topological polar surface area (TPSA) is 75.0 Å². The first kappa shape index (κ1) is 24.9. The van der Waals surface area contributed by atoms with Gasteiger partial charge in [0.15, 0.2) is 0 Å². The summed E-state index contributed by atoms with van der Waals surface area (Å²) in [4.78, 5) is 30.6. The van der Waals surface area contributed by atoms with E-state index in [1.807, 2.05) is 49.4 Å². The zero-order valence-corrected chi connectivity index (χ0v) is 21.6. The van der Waals surface area contributed by atoms with Crippen LogP contribution in [0.15, 0.2) is 46.9 Å². The minimum Gasteiger partial charge on any atom is -0.464 e. The number of nitrogens with zero attached hydrogens (tertiary/aromatic N) is 2. The Morgan fingerprint density at radius 3 is 2.22 bits per heavy atom. The van der Waals surface area contributed by atoms with E-state index < -0.39 is 0 Å². The molecule has 4 saturated carbocycles. The van der Waals surface area contributed by atoms with Gasteiger partial charge in [0.1, 0.15) is 18.1 Å². The van der Waals surface area contributed by atoms with Crippen molar-refractivity contribution in [1.82, 2.24) is 15.1 Å². The number of amides is 3. The van der Waals surface area contributed by atoms with Gasteiger partial charge in [-0.15, -0.1) is 0 Å². The van der Waals surface area contributed by atoms with Crippen molar-refractivity contribution in [1.29, 1.82) is 0 Å². The van der Waals surface area contributed by atoms with Crippen LogP contribution in [0.1, 0.15) is 55.6 Å². The molecule has 0 aliphatic heterocycles. The highest BCUT2D eigenvalue weighted by Crippen LogP contribution is 2.55. The van der Waals surface area contributed by atoms with Crippen molar-refractivity contribution in [3.05, 3.63) is 59.5 Å². The molecule has 4 aliphatic carbocycles. The summed E-state index contributed by atoms with van der Waals surface area (Å²) < 4.78 is 11.1. The highest BCUT2D eigenvalue weighted by atomic mass is 16.5. The van der Waals surface area contributed by atoms with E-state index in [9.17, 15) is 9.59 Å². The molecule has 0 saturated heterocycles. The van der Waals surface area contributed by atoms with Gasteiger partial charge in [-0.25, -0.2) is 4.79 Å². The van der Waals surface area contributed by atoms with E-state index in [1.165, 1.54) is 19.3 Å². The first-order chi connectivity index (χ1) is 17.4. The summed E-state index contributed by atoms with van der Waals surface area (Å²) in [6.45, 7) is 3.48. The van der Waals surface area contributed by atoms with Crippen LogP contribution in [0.5, 0.6) is 0 Å². The normalized spacial score (nSPS) is 26.1. The Morgan fingerprint density at radius 2 is 1.64 bits per heavy atom. The molecular weight excluding hydrogens is 454 g/mol. The lowest BCUT2D eigenvalue weighted by Crippen LogP contribution is -2.62. The number of benzene rings is 1. The van der Waals surface area contributed by atoms with Gasteiger partial charge in [-0.05, 0) is 80.9 Å². The molecule has 7 nitrogen and oxygen atoms in total. The maximum absolute atomic E-state index is 13.6. The molecule has 6 rings (SSSR count). The number of carbonyl (C=O) groups is 2. The van der Waals surface area contributed by atoms with Crippen molar-refractivity contribution in [2.75, 3.05) is 26.8 Å². The number of aryl methyl sites for hydroxylation is 1. The van der Waals surface area contributed by atoms with Gasteiger partial charge in [-0.1, -0.05) is 30.3 Å². The van der Waals surface area contributed by atoms with Crippen LogP contribution in [-0.2, 0) is 22.6 Å². The van der Waals surface area contributed by atoms with E-state index in [4.69, 9.17) is 9.15 Å². The Hall–Kier alpha value is -2.80. The summed E-state index contributed by atoms with van der Waals surface area (Å²) in [5.41, 5.74) is 0.936. The molecule has 1 N–H and O–H groups in total. The first-order valence-electron chi connectivity index (χ1n) is 13.3. The van der Waals surface area contributed by atoms with Crippen molar-refractivity contribution in [2.24, 2.45) is 17.8 Å². The molecule has 0 unspecified atom stereocenters. The van der Waals surface area contributed by atoms with E-state index >= 15 is 0 Å². The van der Waals surface area contributed by atoms with Crippen LogP contribution < -0.4 is 5.32 Å². The van der Waals surface area contributed by atoms with Gasteiger partial charge in [0.2, 0.25) is 5.91 Å². The molecule has 36 heavy (non-hydrogen) atoms. The van der Waals surface area contributed by atoms with Crippen LogP contribution in [0, 0.1) is 24.7 Å². The first-order valence-corrected chi connectivity index (χ1v) is 13.3. The average Bonchev–Trinajstić information content (AvgIpc) is 3.25. The lowest BCUT2D eigenvalue weighted by molar-refractivity contribution is -0.133. The predicted octanol–water partition coefficient (Wildman–Crippen LogP) is 4.74. The van der Waals surface area contributed by atoms with Crippen LogP contribution in [0.2, 0.25) is 0 Å². The standard InChI is InChI=1S/C29H39N3O4/c1-21-8-9-26(36-21)19-32(18-22-6-4-3-5-7-22)27(33)20-31(10-11-35-2)28(34)30-29-15-23-12-24(16-29)14-25(13-23)17-29/h3-9,23-25H,10-20H2,1-2H3,(H,30,34). The highest BCUT2D eigenvalue weighted by Gasteiger charge is 2.51. The van der Waals surface area contributed by atoms with Gasteiger partial charge in [0, 0.05) is 25.7 Å². The number of urea groups is 1. The van der Waals surface area contributed by atoms with Crippen LogP contribution in [0.4, 0.5) is 4.79 Å². The molecule has 1 heterocycles. The number of carbonyl (C=O) groups excluding carboxylic acids is 2. The molecule has 1 aromatic carbocycles. The fourth-order valence-electron chi connectivity index (χ4n) is 7.08. The summed E-state index contributed by atoms with van der Waals surface area (Å²) >= 11 is 0. The number of hydrogen-bond donors (Lipinski definition) is 1. The van der Waals surface area contributed by atoms with E-state index in [0.717, 1.165) is 54.1 Å². The Kier molecular flexibility index (Phi) is 7.37. The maximum Gasteiger partial charge on any atom is 0.318 e. The number of hydrogen-bond acceptors (Lipinski definition) is 4. The molecule has 4 bridgehead atoms. The monoisotopic (exact) mass is 493 g/mol. The van der Waals surface area contributed by atoms with E-state index in [-0.39, 0.29) is 24.0 Å². The number of nitrogens with one attached hydrogen (secondary N) is 1. The molecule has 0 radical (unpaired) electrons. The molecular formula is C29H39N3O4. The van der Waals surface area contributed by atoms with Gasteiger partial charge in [-0.3, -0.25) is 4.79 Å². The second-order valence-corrected chi connectivity index (χ2v) is 11.3. The van der Waals surface area contributed by atoms with Crippen molar-refractivity contribution < 1.29 is 18.7 Å². The maximum atomic E-state index is 13.6. The van der Waals surface area contributed by atoms with Crippen molar-refractivity contribution in [2.45, 2.75) is 64.1 Å². The van der Waals surface area contributed by atoms with Crippen LogP contribution >= 0.6 is 0 Å². The second kappa shape index (κ2) is 10.7. The Labute approximate surface area is 214 Å². The number of furan rings is 1. The largest absolute Gasteiger partial charge is 0.464 e. The number of methoxy groups -OCH3 is 1. The molecule has 0 atom stereocenters. The van der Waals surface area contributed by atoms with Gasteiger partial charge < -0.3 is 24.3 Å². The summed E-state index contributed by atoms with van der Waals surface area (Å²) in [5.74, 6) is 3.66. The van der Waals surface area contributed by atoms with E-state index in [2.05, 4.69) is 5.32 Å². The molecule has 1 aromatic heterocycles. The highest BCUT2D eigenvalue weighted by molar-refractivity contribution is 5.84. The smallest absolute Gasteiger partial charge is 0.318 e. The number of ether oxygens (including phenoxy) is 1. The average molecular weight is 494 g/mol. The molecule has 3 amide bonds. The third-order valence-electron chi connectivity index (χ3n) is 8.30. The van der Waals surface area contributed by atoms with Crippen molar-refractivity contribution in [3.63, 3.8) is 0 Å². The van der Waals surface area contributed by atoms with Gasteiger partial charge in [0.25, 0.3) is 0 Å². The van der Waals surface area contributed by atoms with Gasteiger partial charge in [-0.2, -0.15) is 0 Å². The molecule has 4 fully saturated rings. The van der Waals surface area contributed by atoms with E-state index in [0.29, 0.717) is 26.2 Å². The predicted molar refractivity (Wildman–Crippen MR) is 137 cm³/mol. The SMILES string of the molecule is COCCN(CC(=O)N(Cc1ccccc1)Cc1ccc(C)o1)C(=O)NC12CC3CC(CC(C3)C1)C2. The molecule has 4 aliphatic rings. The van der Waals surface area contributed by atoms with Crippen LogP contribution in [-0.4, -0.2) is 54.1 Å². The lowest BCUT2D eigenvalue weighted by Gasteiger charge is -2.57. The Morgan fingerprint density at radius 1 is 0.972 bits per heavy atom. The third kappa shape index (κ3) is 5.77. The van der Waals surface area contributed by atoms with Crippen LogP contribution in [0.3, 0.4) is 0 Å². The molecule has 0 spiro atoms. The minimum atomic E-state index is -0.143. The minimum absolute atomic E-state index is 0.00802. The van der Waals surface area contributed by atoms with Crippen LogP contribution in [0.25, 0.3) is 0 Å². The molecule has 7 heteroatoms. The Bertz CT molecular complexity index is 1010. The van der Waals surface area contributed by atoms with E-state index in [1.54, 1.807) is 16.9 Å². The summed E-state index contributed by atoms with van der Waals surface area (Å²) in [6.07, 6.45) is 7.20. The fraction of sp³-hybridized carbons (Fsp3) is 0.586. The van der Waals surface area contributed by atoms with Crippen molar-refractivity contribution >= 4 is 11.9 Å². The third-order valence-corrected chi connectivity index (χ3v) is 8.30.